The molecule has 4 nitrogen and oxygen atoms in total. The first kappa shape index (κ1) is 10.8. The fourth-order valence-corrected chi connectivity index (χ4v) is 1.87. The van der Waals surface area contributed by atoms with Crippen LogP contribution in [-0.4, -0.2) is 30.9 Å². The van der Waals surface area contributed by atoms with Gasteiger partial charge in [-0.05, 0) is 12.0 Å². The number of aromatic amines is 1. The third kappa shape index (κ3) is 1.72. The molecule has 1 aromatic heterocycles. The first-order chi connectivity index (χ1) is 7.80. The molecule has 0 amide bonds. The van der Waals surface area contributed by atoms with Crippen molar-refractivity contribution in [2.45, 2.75) is 6.42 Å². The van der Waals surface area contributed by atoms with Gasteiger partial charge in [0.25, 0.3) is 0 Å². The number of ether oxygens (including phenoxy) is 2. The molecule has 16 heavy (non-hydrogen) atoms. The molecule has 0 atom stereocenters. The van der Waals surface area contributed by atoms with Crippen LogP contribution in [0.4, 0.5) is 0 Å². The van der Waals surface area contributed by atoms with E-state index >= 15 is 0 Å². The molecular formula is C12H15NO3. The number of fused-ring (bicyclic) bond motifs is 1. The van der Waals surface area contributed by atoms with Gasteiger partial charge >= 0.3 is 0 Å². The number of aliphatic hydroxyl groups excluding tert-OH is 1. The number of nitrogens with one attached hydrogen (secondary N) is 1. The average molecular weight is 221 g/mol. The Hall–Kier alpha value is -1.68. The predicted molar refractivity (Wildman–Crippen MR) is 62.2 cm³/mol. The molecule has 0 aliphatic rings. The van der Waals surface area contributed by atoms with Gasteiger partial charge in [0.05, 0.1) is 19.7 Å². The standard InChI is InChI=1S/C12H15NO3/c1-15-9-5-10-12(11(6-9)16-2)8(3-4-14)7-13-10/h5-7,13-14H,3-4H2,1-2H3. The van der Waals surface area contributed by atoms with E-state index in [1.807, 2.05) is 18.3 Å². The highest BCUT2D eigenvalue weighted by Gasteiger charge is 2.11. The van der Waals surface area contributed by atoms with Gasteiger partial charge in [-0.3, -0.25) is 0 Å². The second-order valence-corrected chi connectivity index (χ2v) is 3.54. The van der Waals surface area contributed by atoms with Gasteiger partial charge in [0, 0.05) is 30.3 Å². The molecule has 4 heteroatoms. The van der Waals surface area contributed by atoms with Crippen LogP contribution in [0.3, 0.4) is 0 Å². The Kier molecular flexibility index (Phi) is 3.01. The Labute approximate surface area is 93.8 Å². The number of methoxy groups -OCH3 is 2. The monoisotopic (exact) mass is 221 g/mol. The highest BCUT2D eigenvalue weighted by atomic mass is 16.5. The lowest BCUT2D eigenvalue weighted by Crippen LogP contribution is -1.92. The van der Waals surface area contributed by atoms with E-state index in [0.717, 1.165) is 28.0 Å². The zero-order valence-corrected chi connectivity index (χ0v) is 9.41. The molecule has 0 radical (unpaired) electrons. The normalized spacial score (nSPS) is 10.7. The number of rotatable bonds is 4. The number of hydrogen-bond acceptors (Lipinski definition) is 3. The van der Waals surface area contributed by atoms with Crippen LogP contribution in [-0.2, 0) is 6.42 Å². The summed E-state index contributed by atoms with van der Waals surface area (Å²) in [5, 5.41) is 9.99. The van der Waals surface area contributed by atoms with E-state index in [2.05, 4.69) is 4.98 Å². The molecule has 2 N–H and O–H groups in total. The van der Waals surface area contributed by atoms with Crippen molar-refractivity contribution in [3.05, 3.63) is 23.9 Å². The van der Waals surface area contributed by atoms with Gasteiger partial charge in [-0.2, -0.15) is 0 Å². The summed E-state index contributed by atoms with van der Waals surface area (Å²) in [5.41, 5.74) is 2.01. The second-order valence-electron chi connectivity index (χ2n) is 3.54. The van der Waals surface area contributed by atoms with Crippen LogP contribution in [0.2, 0.25) is 0 Å². The van der Waals surface area contributed by atoms with Crippen LogP contribution < -0.4 is 9.47 Å². The molecule has 0 bridgehead atoms. The van der Waals surface area contributed by atoms with E-state index in [9.17, 15) is 0 Å². The van der Waals surface area contributed by atoms with Crippen molar-refractivity contribution in [2.24, 2.45) is 0 Å². The van der Waals surface area contributed by atoms with Gasteiger partial charge in [0.15, 0.2) is 0 Å². The van der Waals surface area contributed by atoms with Gasteiger partial charge in [-0.15, -0.1) is 0 Å². The number of hydrogen-bond donors (Lipinski definition) is 2. The zero-order chi connectivity index (χ0) is 11.5. The first-order valence-electron chi connectivity index (χ1n) is 5.13. The van der Waals surface area contributed by atoms with E-state index in [-0.39, 0.29) is 6.61 Å². The largest absolute Gasteiger partial charge is 0.497 e. The topological polar surface area (TPSA) is 54.5 Å². The number of H-pyrrole nitrogens is 1. The molecule has 0 saturated heterocycles. The molecule has 0 spiro atoms. The molecule has 1 heterocycles. The molecule has 1 aromatic carbocycles. The van der Waals surface area contributed by atoms with Crippen molar-refractivity contribution in [3.63, 3.8) is 0 Å². The van der Waals surface area contributed by atoms with Gasteiger partial charge in [-0.1, -0.05) is 0 Å². The maximum atomic E-state index is 8.98. The number of aromatic nitrogens is 1. The summed E-state index contributed by atoms with van der Waals surface area (Å²) in [6.07, 6.45) is 2.51. The molecule has 0 fully saturated rings. The lowest BCUT2D eigenvalue weighted by atomic mass is 10.1. The van der Waals surface area contributed by atoms with Crippen LogP contribution in [0, 0.1) is 0 Å². The Balaban J connectivity index is 2.62. The summed E-state index contributed by atoms with van der Waals surface area (Å²) in [7, 11) is 3.25. The minimum atomic E-state index is 0.127. The number of aliphatic hydroxyl groups is 1. The SMILES string of the molecule is COc1cc(OC)c2c(CCO)c[nH]c2c1. The van der Waals surface area contributed by atoms with E-state index in [1.165, 1.54) is 0 Å². The van der Waals surface area contributed by atoms with Crippen LogP contribution in [0.25, 0.3) is 10.9 Å². The lowest BCUT2D eigenvalue weighted by molar-refractivity contribution is 0.300. The maximum absolute atomic E-state index is 8.98. The van der Waals surface area contributed by atoms with E-state index in [0.29, 0.717) is 6.42 Å². The van der Waals surface area contributed by atoms with E-state index in [4.69, 9.17) is 14.6 Å². The number of benzene rings is 1. The second kappa shape index (κ2) is 4.45. The molecular weight excluding hydrogens is 206 g/mol. The predicted octanol–water partition coefficient (Wildman–Crippen LogP) is 1.72. The summed E-state index contributed by atoms with van der Waals surface area (Å²) in [5.74, 6) is 1.51. The minimum absolute atomic E-state index is 0.127. The molecule has 2 rings (SSSR count). The highest BCUT2D eigenvalue weighted by molar-refractivity contribution is 5.90. The quantitative estimate of drug-likeness (QED) is 0.826. The van der Waals surface area contributed by atoms with Crippen LogP contribution >= 0.6 is 0 Å². The Morgan fingerprint density at radius 3 is 2.69 bits per heavy atom. The molecule has 0 aliphatic heterocycles. The smallest absolute Gasteiger partial charge is 0.132 e. The minimum Gasteiger partial charge on any atom is -0.497 e. The zero-order valence-electron chi connectivity index (χ0n) is 9.41. The van der Waals surface area contributed by atoms with Gasteiger partial charge in [0.2, 0.25) is 0 Å². The van der Waals surface area contributed by atoms with Crippen molar-refractivity contribution in [1.82, 2.24) is 4.98 Å². The van der Waals surface area contributed by atoms with Gasteiger partial charge < -0.3 is 19.6 Å². The first-order valence-corrected chi connectivity index (χ1v) is 5.13. The summed E-state index contributed by atoms with van der Waals surface area (Å²) in [6.45, 7) is 0.127. The lowest BCUT2D eigenvalue weighted by Gasteiger charge is -2.07. The van der Waals surface area contributed by atoms with E-state index in [1.54, 1.807) is 14.2 Å². The van der Waals surface area contributed by atoms with Crippen molar-refractivity contribution < 1.29 is 14.6 Å². The summed E-state index contributed by atoms with van der Waals surface area (Å²) in [6, 6.07) is 3.76. The molecule has 86 valence electrons. The van der Waals surface area contributed by atoms with Crippen molar-refractivity contribution >= 4 is 10.9 Å². The Bertz CT molecular complexity index is 490. The fourth-order valence-electron chi connectivity index (χ4n) is 1.87. The van der Waals surface area contributed by atoms with Crippen LogP contribution in [0.1, 0.15) is 5.56 Å². The van der Waals surface area contributed by atoms with Crippen LogP contribution in [0.15, 0.2) is 18.3 Å². The highest BCUT2D eigenvalue weighted by Crippen LogP contribution is 2.33. The third-order valence-corrected chi connectivity index (χ3v) is 2.64. The van der Waals surface area contributed by atoms with E-state index < -0.39 is 0 Å². The Morgan fingerprint density at radius 1 is 1.25 bits per heavy atom. The Morgan fingerprint density at radius 2 is 2.06 bits per heavy atom. The fraction of sp³-hybridized carbons (Fsp3) is 0.333. The summed E-state index contributed by atoms with van der Waals surface area (Å²) >= 11 is 0. The van der Waals surface area contributed by atoms with Gasteiger partial charge in [-0.25, -0.2) is 0 Å². The van der Waals surface area contributed by atoms with Crippen molar-refractivity contribution in [3.8, 4) is 11.5 Å². The van der Waals surface area contributed by atoms with Crippen molar-refractivity contribution in [2.75, 3.05) is 20.8 Å². The summed E-state index contributed by atoms with van der Waals surface area (Å²) in [4.78, 5) is 3.15. The summed E-state index contributed by atoms with van der Waals surface area (Å²) < 4.78 is 10.5. The molecule has 0 saturated carbocycles. The van der Waals surface area contributed by atoms with Crippen molar-refractivity contribution in [1.29, 1.82) is 0 Å². The maximum Gasteiger partial charge on any atom is 0.132 e. The molecule has 0 unspecified atom stereocenters. The average Bonchev–Trinajstić information content (AvgIpc) is 2.72. The van der Waals surface area contributed by atoms with Gasteiger partial charge in [0.1, 0.15) is 11.5 Å². The molecule has 2 aromatic rings. The third-order valence-electron chi connectivity index (χ3n) is 2.64. The van der Waals surface area contributed by atoms with Crippen LogP contribution in [0.5, 0.6) is 11.5 Å². The molecule has 0 aliphatic carbocycles.